The first-order chi connectivity index (χ1) is 17.9. The van der Waals surface area contributed by atoms with E-state index < -0.39 is 27.6 Å². The van der Waals surface area contributed by atoms with Gasteiger partial charge in [-0.2, -0.15) is 13.2 Å². The molecule has 0 saturated heterocycles. The zero-order chi connectivity index (χ0) is 27.9. The minimum absolute atomic E-state index is 0.0479. The van der Waals surface area contributed by atoms with Crippen LogP contribution in [0.4, 0.5) is 18.9 Å². The van der Waals surface area contributed by atoms with Gasteiger partial charge >= 0.3 is 6.18 Å². The molecule has 0 radical (unpaired) electrons. The topological polar surface area (TPSA) is 50.4 Å². The van der Waals surface area contributed by atoms with E-state index >= 15 is 0 Å². The van der Waals surface area contributed by atoms with Gasteiger partial charge in [-0.25, -0.2) is 0 Å². The maximum absolute atomic E-state index is 13.1. The largest absolute Gasteiger partial charge is 0.494 e. The third-order valence-electron chi connectivity index (χ3n) is 5.55. The number of halogens is 7. The van der Waals surface area contributed by atoms with E-state index in [1.54, 1.807) is 24.3 Å². The Balaban J connectivity index is 1.70. The number of benzene rings is 3. The summed E-state index contributed by atoms with van der Waals surface area (Å²) in [7, 11) is 0. The molecule has 0 aliphatic carbocycles. The Kier molecular flexibility index (Phi) is 10.5. The van der Waals surface area contributed by atoms with Crippen LogP contribution in [-0.4, -0.2) is 22.5 Å². The van der Waals surface area contributed by atoms with Crippen LogP contribution in [-0.2, 0) is 6.18 Å². The molecule has 0 bridgehead atoms. The van der Waals surface area contributed by atoms with E-state index in [4.69, 9.17) is 51.1 Å². The number of carbonyl (C=O) groups excluding carboxylic acids is 1. The van der Waals surface area contributed by atoms with E-state index in [1.165, 1.54) is 0 Å². The summed E-state index contributed by atoms with van der Waals surface area (Å²) in [6, 6.07) is 17.0. The van der Waals surface area contributed by atoms with Crippen molar-refractivity contribution in [3.63, 3.8) is 0 Å². The van der Waals surface area contributed by atoms with Crippen molar-refractivity contribution in [1.29, 1.82) is 0 Å². The fourth-order valence-corrected chi connectivity index (χ4v) is 3.98. The number of nitrogens with one attached hydrogen (secondary N) is 2. The fourth-order valence-electron chi connectivity index (χ4n) is 3.48. The maximum Gasteiger partial charge on any atom is 0.416 e. The maximum atomic E-state index is 13.1. The summed E-state index contributed by atoms with van der Waals surface area (Å²) in [5, 5.41) is 5.04. The Morgan fingerprint density at radius 1 is 0.921 bits per heavy atom. The second kappa shape index (κ2) is 13.2. The van der Waals surface area contributed by atoms with Crippen molar-refractivity contribution in [2.45, 2.75) is 42.3 Å². The van der Waals surface area contributed by atoms with Crippen molar-refractivity contribution in [3.8, 4) is 16.9 Å². The van der Waals surface area contributed by atoms with E-state index in [9.17, 15) is 18.0 Å². The molecule has 11 heteroatoms. The molecule has 4 nitrogen and oxygen atoms in total. The van der Waals surface area contributed by atoms with Crippen molar-refractivity contribution in [2.75, 3.05) is 11.9 Å². The standard InChI is InChI=1S/C27H25Cl4F3N2O2/c1-2-3-4-15-38-21-12-9-18(10-13-21)17-5-7-19(8-6-17)24(37)36-25(26(29,30)31)35-23-16-20(27(32,33)34)11-14-22(23)28/h5-14,16,25,35H,2-4,15H2,1H3,(H,36,37)/t25-/m0/s1. The van der Waals surface area contributed by atoms with Crippen LogP contribution < -0.4 is 15.4 Å². The highest BCUT2D eigenvalue weighted by atomic mass is 35.6. The van der Waals surface area contributed by atoms with Crippen LogP contribution >= 0.6 is 46.4 Å². The zero-order valence-electron chi connectivity index (χ0n) is 20.2. The monoisotopic (exact) mass is 606 g/mol. The minimum atomic E-state index is -4.61. The minimum Gasteiger partial charge on any atom is -0.494 e. The predicted octanol–water partition coefficient (Wildman–Crippen LogP) is 9.13. The molecule has 38 heavy (non-hydrogen) atoms. The summed E-state index contributed by atoms with van der Waals surface area (Å²) in [5.41, 5.74) is 0.932. The molecule has 1 amide bonds. The number of anilines is 1. The number of ether oxygens (including phenoxy) is 1. The molecule has 0 aliphatic heterocycles. The lowest BCUT2D eigenvalue weighted by atomic mass is 10.0. The molecule has 0 saturated carbocycles. The van der Waals surface area contributed by atoms with Crippen molar-refractivity contribution in [1.82, 2.24) is 5.32 Å². The van der Waals surface area contributed by atoms with Crippen LogP contribution in [0.3, 0.4) is 0 Å². The van der Waals surface area contributed by atoms with Crippen LogP contribution in [0.5, 0.6) is 5.75 Å². The van der Waals surface area contributed by atoms with Gasteiger partial charge in [-0.1, -0.05) is 90.4 Å². The number of rotatable bonds is 10. The molecule has 0 fully saturated rings. The molecule has 3 rings (SSSR count). The average molecular weight is 608 g/mol. The van der Waals surface area contributed by atoms with Crippen molar-refractivity contribution in [3.05, 3.63) is 82.9 Å². The summed E-state index contributed by atoms with van der Waals surface area (Å²) in [5.74, 6) is 0.172. The van der Waals surface area contributed by atoms with Crippen molar-refractivity contribution >= 4 is 58.0 Å². The van der Waals surface area contributed by atoms with Crippen molar-refractivity contribution in [2.24, 2.45) is 0 Å². The molecule has 0 spiro atoms. The molecule has 1 atom stereocenters. The second-order valence-electron chi connectivity index (χ2n) is 8.44. The Labute approximate surface area is 239 Å². The van der Waals surface area contributed by atoms with Crippen LogP contribution in [0.2, 0.25) is 5.02 Å². The Morgan fingerprint density at radius 2 is 1.53 bits per heavy atom. The molecule has 0 unspecified atom stereocenters. The third-order valence-corrected chi connectivity index (χ3v) is 6.53. The summed E-state index contributed by atoms with van der Waals surface area (Å²) >= 11 is 24.1. The van der Waals surface area contributed by atoms with Gasteiger partial charge in [-0.3, -0.25) is 4.79 Å². The van der Waals surface area contributed by atoms with Gasteiger partial charge in [0.1, 0.15) is 11.9 Å². The SMILES string of the molecule is CCCCCOc1ccc(-c2ccc(C(=O)N[C@H](Nc3cc(C(F)(F)F)ccc3Cl)C(Cl)(Cl)Cl)cc2)cc1. The lowest BCUT2D eigenvalue weighted by Gasteiger charge is -2.28. The van der Waals surface area contributed by atoms with E-state index in [1.807, 2.05) is 24.3 Å². The Morgan fingerprint density at radius 3 is 2.08 bits per heavy atom. The van der Waals surface area contributed by atoms with Gasteiger partial charge in [0.05, 0.1) is 22.9 Å². The molecular weight excluding hydrogens is 583 g/mol. The average Bonchev–Trinajstić information content (AvgIpc) is 2.86. The molecule has 3 aromatic carbocycles. The van der Waals surface area contributed by atoms with Crippen LogP contribution in [0.15, 0.2) is 66.7 Å². The first-order valence-electron chi connectivity index (χ1n) is 11.7. The van der Waals surface area contributed by atoms with Gasteiger partial charge in [0.2, 0.25) is 3.79 Å². The summed E-state index contributed by atoms with van der Waals surface area (Å²) in [6.45, 7) is 2.80. The Bertz CT molecular complexity index is 1210. The van der Waals surface area contributed by atoms with E-state index in [0.29, 0.717) is 6.61 Å². The van der Waals surface area contributed by atoms with Crippen LogP contribution in [0.25, 0.3) is 11.1 Å². The summed E-state index contributed by atoms with van der Waals surface area (Å²) in [4.78, 5) is 12.9. The molecule has 0 aliphatic rings. The second-order valence-corrected chi connectivity index (χ2v) is 11.2. The molecule has 2 N–H and O–H groups in total. The number of hydrogen-bond donors (Lipinski definition) is 2. The first kappa shape index (κ1) is 30.2. The number of unbranched alkanes of at least 4 members (excludes halogenated alkanes) is 2. The van der Waals surface area contributed by atoms with Gasteiger partial charge in [0, 0.05) is 5.56 Å². The summed E-state index contributed by atoms with van der Waals surface area (Å²) in [6.07, 6.45) is -2.75. The molecular formula is C27H25Cl4F3N2O2. The van der Waals surface area contributed by atoms with Gasteiger partial charge in [0.25, 0.3) is 5.91 Å². The highest BCUT2D eigenvalue weighted by Crippen LogP contribution is 2.37. The van der Waals surface area contributed by atoms with Gasteiger partial charge < -0.3 is 15.4 Å². The molecule has 0 heterocycles. The smallest absolute Gasteiger partial charge is 0.416 e. The van der Waals surface area contributed by atoms with E-state index in [2.05, 4.69) is 17.6 Å². The lowest BCUT2D eigenvalue weighted by molar-refractivity contribution is -0.137. The molecule has 0 aromatic heterocycles. The predicted molar refractivity (Wildman–Crippen MR) is 149 cm³/mol. The highest BCUT2D eigenvalue weighted by Gasteiger charge is 2.36. The van der Waals surface area contributed by atoms with Crippen LogP contribution in [0, 0.1) is 0 Å². The van der Waals surface area contributed by atoms with Gasteiger partial charge in [-0.15, -0.1) is 0 Å². The molecule has 3 aromatic rings. The number of alkyl halides is 6. The zero-order valence-corrected chi connectivity index (χ0v) is 23.2. The van der Waals surface area contributed by atoms with Gasteiger partial charge in [0.15, 0.2) is 0 Å². The fraction of sp³-hybridized carbons (Fsp3) is 0.296. The highest BCUT2D eigenvalue weighted by molar-refractivity contribution is 6.68. The lowest BCUT2D eigenvalue weighted by Crippen LogP contribution is -2.49. The number of hydrogen-bond acceptors (Lipinski definition) is 3. The van der Waals surface area contributed by atoms with Gasteiger partial charge in [-0.05, 0) is 60.0 Å². The quantitative estimate of drug-likeness (QED) is 0.137. The summed E-state index contributed by atoms with van der Waals surface area (Å²) < 4.78 is 43.0. The normalized spacial score (nSPS) is 12.6. The van der Waals surface area contributed by atoms with Crippen LogP contribution in [0.1, 0.15) is 42.1 Å². The Hall–Kier alpha value is -2.32. The third kappa shape index (κ3) is 8.60. The number of amides is 1. The first-order valence-corrected chi connectivity index (χ1v) is 13.2. The number of carbonyl (C=O) groups is 1. The van der Waals surface area contributed by atoms with Crippen molar-refractivity contribution < 1.29 is 22.7 Å². The van der Waals surface area contributed by atoms with E-state index in [-0.39, 0.29) is 16.3 Å². The van der Waals surface area contributed by atoms with E-state index in [0.717, 1.165) is 54.3 Å². The molecule has 204 valence electrons.